The lowest BCUT2D eigenvalue weighted by Gasteiger charge is -2.19. The summed E-state index contributed by atoms with van der Waals surface area (Å²) in [5, 5.41) is 23.3. The van der Waals surface area contributed by atoms with Crippen LogP contribution in [0.3, 0.4) is 0 Å². The first-order valence-electron chi connectivity index (χ1n) is 10.0. The van der Waals surface area contributed by atoms with E-state index in [0.29, 0.717) is 5.52 Å². The van der Waals surface area contributed by atoms with Crippen LogP contribution in [0.25, 0.3) is 10.9 Å². The SMILES string of the molecule is CCOC(=O)c1c[nH]c2ccc(C(O)C(O)CNC(=O)OCc3ccccc3)cc2c1=O. The summed E-state index contributed by atoms with van der Waals surface area (Å²) in [6, 6.07) is 13.6. The summed E-state index contributed by atoms with van der Waals surface area (Å²) in [6.07, 6.45) is -2.21. The Morgan fingerprint density at radius 2 is 1.84 bits per heavy atom. The standard InChI is InChI=1S/C23H24N2O7/c1-2-31-22(29)17-11-24-18-9-8-15(10-16(18)21(17)28)20(27)19(26)12-25-23(30)32-13-14-6-4-3-5-7-14/h3-11,19-20,26-27H,2,12-13H2,1H3,(H,24,28)(H,25,30). The number of ether oxygens (including phenoxy) is 2. The third-order valence-corrected chi connectivity index (χ3v) is 4.77. The van der Waals surface area contributed by atoms with E-state index in [1.54, 1.807) is 25.1 Å². The van der Waals surface area contributed by atoms with Crippen molar-refractivity contribution in [2.24, 2.45) is 0 Å². The van der Waals surface area contributed by atoms with Gasteiger partial charge in [0.2, 0.25) is 5.43 Å². The number of aliphatic hydroxyl groups is 2. The van der Waals surface area contributed by atoms with Crippen LogP contribution in [0.15, 0.2) is 59.5 Å². The van der Waals surface area contributed by atoms with Gasteiger partial charge in [0.05, 0.1) is 6.61 Å². The molecule has 0 spiro atoms. The molecule has 0 aliphatic rings. The number of alkyl carbamates (subject to hydrolysis) is 1. The molecule has 3 rings (SSSR count). The summed E-state index contributed by atoms with van der Waals surface area (Å²) in [5.41, 5.74) is 0.802. The van der Waals surface area contributed by atoms with Crippen LogP contribution in [0, 0.1) is 0 Å². The molecule has 3 aromatic rings. The highest BCUT2D eigenvalue weighted by Gasteiger charge is 2.21. The molecule has 32 heavy (non-hydrogen) atoms. The largest absolute Gasteiger partial charge is 0.462 e. The number of aromatic amines is 1. The Hall–Kier alpha value is -3.69. The predicted octanol–water partition coefficient (Wildman–Crippen LogP) is 2.03. The van der Waals surface area contributed by atoms with E-state index in [4.69, 9.17) is 9.47 Å². The van der Waals surface area contributed by atoms with E-state index in [9.17, 15) is 24.6 Å². The van der Waals surface area contributed by atoms with Gasteiger partial charge in [0.25, 0.3) is 0 Å². The summed E-state index contributed by atoms with van der Waals surface area (Å²) in [4.78, 5) is 39.3. The normalized spacial score (nSPS) is 12.7. The number of rotatable bonds is 8. The lowest BCUT2D eigenvalue weighted by molar-refractivity contribution is 0.0185. The zero-order valence-corrected chi connectivity index (χ0v) is 17.4. The fourth-order valence-corrected chi connectivity index (χ4v) is 3.08. The molecule has 1 heterocycles. The Morgan fingerprint density at radius 3 is 2.56 bits per heavy atom. The van der Waals surface area contributed by atoms with E-state index >= 15 is 0 Å². The Balaban J connectivity index is 1.65. The topological polar surface area (TPSA) is 138 Å². The van der Waals surface area contributed by atoms with Gasteiger partial charge in [-0.15, -0.1) is 0 Å². The number of carbonyl (C=O) groups excluding carboxylic acids is 2. The number of hydrogen-bond donors (Lipinski definition) is 4. The molecule has 0 saturated heterocycles. The van der Waals surface area contributed by atoms with Crippen molar-refractivity contribution in [3.63, 3.8) is 0 Å². The number of nitrogens with one attached hydrogen (secondary N) is 2. The van der Waals surface area contributed by atoms with Crippen LogP contribution in [0.2, 0.25) is 0 Å². The highest BCUT2D eigenvalue weighted by molar-refractivity contribution is 5.93. The van der Waals surface area contributed by atoms with Crippen molar-refractivity contribution in [3.05, 3.63) is 81.6 Å². The Bertz CT molecular complexity index is 1140. The van der Waals surface area contributed by atoms with Crippen molar-refractivity contribution in [2.75, 3.05) is 13.2 Å². The molecule has 4 N–H and O–H groups in total. The Labute approximate surface area is 183 Å². The number of benzene rings is 2. The minimum absolute atomic E-state index is 0.0710. The molecule has 1 aromatic heterocycles. The molecule has 0 aliphatic heterocycles. The molecule has 0 fully saturated rings. The van der Waals surface area contributed by atoms with Gasteiger partial charge in [0, 0.05) is 23.6 Å². The summed E-state index contributed by atoms with van der Waals surface area (Å²) in [6.45, 7) is 1.56. The molecule has 2 atom stereocenters. The molecule has 9 nitrogen and oxygen atoms in total. The van der Waals surface area contributed by atoms with Crippen LogP contribution in [0.4, 0.5) is 4.79 Å². The van der Waals surface area contributed by atoms with Gasteiger partial charge in [-0.1, -0.05) is 36.4 Å². The van der Waals surface area contributed by atoms with Gasteiger partial charge in [0.1, 0.15) is 24.4 Å². The van der Waals surface area contributed by atoms with Gasteiger partial charge in [-0.3, -0.25) is 4.79 Å². The van der Waals surface area contributed by atoms with E-state index < -0.39 is 29.7 Å². The first-order chi connectivity index (χ1) is 15.4. The van der Waals surface area contributed by atoms with E-state index in [2.05, 4.69) is 10.3 Å². The number of hydrogen-bond acceptors (Lipinski definition) is 7. The second-order valence-corrected chi connectivity index (χ2v) is 7.01. The van der Waals surface area contributed by atoms with Crippen molar-refractivity contribution < 1.29 is 29.3 Å². The van der Waals surface area contributed by atoms with E-state index in [1.807, 2.05) is 18.2 Å². The van der Waals surface area contributed by atoms with Crippen molar-refractivity contribution in [2.45, 2.75) is 25.7 Å². The van der Waals surface area contributed by atoms with Crippen LogP contribution >= 0.6 is 0 Å². The van der Waals surface area contributed by atoms with Crippen LogP contribution in [0.5, 0.6) is 0 Å². The molecule has 0 aliphatic carbocycles. The number of H-pyrrole nitrogens is 1. The summed E-state index contributed by atoms with van der Waals surface area (Å²) in [5.74, 6) is -0.750. The van der Waals surface area contributed by atoms with Gasteiger partial charge in [-0.05, 0) is 30.2 Å². The van der Waals surface area contributed by atoms with Gasteiger partial charge in [-0.2, -0.15) is 0 Å². The van der Waals surface area contributed by atoms with Crippen molar-refractivity contribution in [3.8, 4) is 0 Å². The number of pyridine rings is 1. The minimum Gasteiger partial charge on any atom is -0.462 e. The zero-order valence-electron chi connectivity index (χ0n) is 17.4. The third-order valence-electron chi connectivity index (χ3n) is 4.77. The van der Waals surface area contributed by atoms with Crippen molar-refractivity contribution in [1.29, 1.82) is 0 Å². The maximum Gasteiger partial charge on any atom is 0.407 e. The molecule has 1 amide bonds. The number of esters is 1. The van der Waals surface area contributed by atoms with Crippen LogP contribution in [0.1, 0.15) is 34.5 Å². The maximum absolute atomic E-state index is 12.7. The van der Waals surface area contributed by atoms with E-state index in [-0.39, 0.29) is 36.3 Å². The highest BCUT2D eigenvalue weighted by atomic mass is 16.5. The molecule has 168 valence electrons. The quantitative estimate of drug-likeness (QED) is 0.393. The number of aliphatic hydroxyl groups excluding tert-OH is 2. The van der Waals surface area contributed by atoms with Gasteiger partial charge in [-0.25, -0.2) is 9.59 Å². The second-order valence-electron chi connectivity index (χ2n) is 7.01. The molecular weight excluding hydrogens is 416 g/mol. The lowest BCUT2D eigenvalue weighted by atomic mass is 10.0. The lowest BCUT2D eigenvalue weighted by Crippen LogP contribution is -2.35. The molecule has 2 aromatic carbocycles. The number of carbonyl (C=O) groups is 2. The fraction of sp³-hybridized carbons (Fsp3) is 0.261. The smallest absolute Gasteiger partial charge is 0.407 e. The van der Waals surface area contributed by atoms with Gasteiger partial charge in [0.15, 0.2) is 0 Å². The number of aromatic nitrogens is 1. The third kappa shape index (κ3) is 5.51. The van der Waals surface area contributed by atoms with Crippen molar-refractivity contribution >= 4 is 23.0 Å². The van der Waals surface area contributed by atoms with Crippen molar-refractivity contribution in [1.82, 2.24) is 10.3 Å². The second kappa shape index (κ2) is 10.6. The molecule has 0 radical (unpaired) electrons. The fourth-order valence-electron chi connectivity index (χ4n) is 3.08. The van der Waals surface area contributed by atoms with Gasteiger partial charge >= 0.3 is 12.1 Å². The molecule has 2 unspecified atom stereocenters. The maximum atomic E-state index is 12.7. The average Bonchev–Trinajstić information content (AvgIpc) is 2.81. The number of amides is 1. The summed E-state index contributed by atoms with van der Waals surface area (Å²) in [7, 11) is 0. The van der Waals surface area contributed by atoms with Crippen LogP contribution in [-0.2, 0) is 16.1 Å². The zero-order chi connectivity index (χ0) is 23.1. The first kappa shape index (κ1) is 23.0. The average molecular weight is 440 g/mol. The summed E-state index contributed by atoms with van der Waals surface area (Å²) < 4.78 is 9.94. The molecule has 9 heteroatoms. The van der Waals surface area contributed by atoms with E-state index in [1.165, 1.54) is 18.3 Å². The molecular formula is C23H24N2O7. The highest BCUT2D eigenvalue weighted by Crippen LogP contribution is 2.20. The Morgan fingerprint density at radius 1 is 1.09 bits per heavy atom. The van der Waals surface area contributed by atoms with Crippen LogP contribution in [-0.4, -0.2) is 46.5 Å². The predicted molar refractivity (Wildman–Crippen MR) is 116 cm³/mol. The summed E-state index contributed by atoms with van der Waals surface area (Å²) >= 11 is 0. The van der Waals surface area contributed by atoms with Crippen LogP contribution < -0.4 is 10.7 Å². The molecule has 0 bridgehead atoms. The van der Waals surface area contributed by atoms with Gasteiger partial charge < -0.3 is 30.0 Å². The number of fused-ring (bicyclic) bond motifs is 1. The first-order valence-corrected chi connectivity index (χ1v) is 10.0. The Kier molecular flexibility index (Phi) is 7.58. The molecule has 0 saturated carbocycles. The minimum atomic E-state index is -1.39. The van der Waals surface area contributed by atoms with E-state index in [0.717, 1.165) is 5.56 Å². The monoisotopic (exact) mass is 440 g/mol.